The predicted molar refractivity (Wildman–Crippen MR) is 87.5 cm³/mol. The summed E-state index contributed by atoms with van der Waals surface area (Å²) >= 11 is 0. The summed E-state index contributed by atoms with van der Waals surface area (Å²) in [6.07, 6.45) is 0. The van der Waals surface area contributed by atoms with Crippen molar-refractivity contribution in [1.82, 2.24) is 10.4 Å². The molecule has 1 N–H and O–H groups in total. The van der Waals surface area contributed by atoms with Gasteiger partial charge in [-0.25, -0.2) is 9.59 Å². The lowest BCUT2D eigenvalue weighted by molar-refractivity contribution is -0.219. The maximum Gasteiger partial charge on any atom is 0.376 e. The molecule has 0 amide bonds. The number of ether oxygens (including phenoxy) is 2. The molecule has 0 radical (unpaired) electrons. The van der Waals surface area contributed by atoms with E-state index in [1.54, 1.807) is 5.06 Å². The van der Waals surface area contributed by atoms with Crippen LogP contribution in [0.3, 0.4) is 0 Å². The van der Waals surface area contributed by atoms with Crippen LogP contribution in [-0.4, -0.2) is 48.0 Å². The number of hydroxylamine groups is 2. The molecule has 7 nitrogen and oxygen atoms in total. The minimum Gasteiger partial charge on any atom is -0.465 e. The zero-order valence-corrected chi connectivity index (χ0v) is 16.0. The van der Waals surface area contributed by atoms with Crippen LogP contribution in [0.5, 0.6) is 0 Å². The molecule has 1 atom stereocenters. The second-order valence-corrected chi connectivity index (χ2v) is 8.34. The van der Waals surface area contributed by atoms with Crippen molar-refractivity contribution in [2.45, 2.75) is 65.2 Å². The van der Waals surface area contributed by atoms with Crippen LogP contribution in [0.15, 0.2) is 11.3 Å². The van der Waals surface area contributed by atoms with E-state index in [-0.39, 0.29) is 11.3 Å². The molecule has 2 heterocycles. The first-order valence-electron chi connectivity index (χ1n) is 7.97. The van der Waals surface area contributed by atoms with E-state index >= 15 is 0 Å². The Morgan fingerprint density at radius 2 is 1.54 bits per heavy atom. The molecule has 2 aliphatic rings. The van der Waals surface area contributed by atoms with E-state index in [1.165, 1.54) is 14.2 Å². The largest absolute Gasteiger partial charge is 0.465 e. The molecular weight excluding hydrogens is 312 g/mol. The van der Waals surface area contributed by atoms with Crippen molar-refractivity contribution < 1.29 is 23.9 Å². The lowest BCUT2D eigenvalue weighted by atomic mass is 9.75. The number of rotatable bonds is 2. The molecule has 2 aliphatic heterocycles. The number of nitrogens with zero attached hydrogens (tertiary/aromatic N) is 1. The van der Waals surface area contributed by atoms with Crippen molar-refractivity contribution in [1.29, 1.82) is 0 Å². The van der Waals surface area contributed by atoms with Crippen LogP contribution >= 0.6 is 0 Å². The maximum atomic E-state index is 12.6. The quantitative estimate of drug-likeness (QED) is 0.767. The molecular formula is C17H28N2O5. The third-order valence-electron chi connectivity index (χ3n) is 5.45. The normalized spacial score (nSPS) is 28.4. The lowest BCUT2D eigenvalue weighted by Crippen LogP contribution is -2.62. The monoisotopic (exact) mass is 340 g/mol. The predicted octanol–water partition coefficient (Wildman–Crippen LogP) is 1.74. The Morgan fingerprint density at radius 1 is 1.04 bits per heavy atom. The average Bonchev–Trinajstić information content (AvgIpc) is 2.87. The molecule has 1 saturated heterocycles. The van der Waals surface area contributed by atoms with Gasteiger partial charge in [0, 0.05) is 11.0 Å². The van der Waals surface area contributed by atoms with Crippen molar-refractivity contribution in [3.05, 3.63) is 11.3 Å². The number of esters is 2. The smallest absolute Gasteiger partial charge is 0.376 e. The summed E-state index contributed by atoms with van der Waals surface area (Å²) in [5.74, 6) is -1.45. The number of carbonyl (C=O) groups excluding carboxylic acids is 2. The SMILES string of the molecule is COC(=O)C1=C(C(=O)OC)C2(C(C)(C)C)NC(C)(C)C(C)(C)N2O1. The Labute approximate surface area is 143 Å². The van der Waals surface area contributed by atoms with Crippen LogP contribution in [0.25, 0.3) is 0 Å². The minimum atomic E-state index is -1.03. The van der Waals surface area contributed by atoms with E-state index in [0.29, 0.717) is 0 Å². The van der Waals surface area contributed by atoms with Crippen molar-refractivity contribution in [2.75, 3.05) is 14.2 Å². The summed E-state index contributed by atoms with van der Waals surface area (Å²) in [5, 5.41) is 5.25. The van der Waals surface area contributed by atoms with Gasteiger partial charge in [0.15, 0.2) is 0 Å². The molecule has 0 aromatic heterocycles. The topological polar surface area (TPSA) is 77.1 Å². The van der Waals surface area contributed by atoms with Gasteiger partial charge in [0.2, 0.25) is 5.76 Å². The van der Waals surface area contributed by atoms with E-state index in [9.17, 15) is 9.59 Å². The highest BCUT2D eigenvalue weighted by Crippen LogP contribution is 2.56. The van der Waals surface area contributed by atoms with Gasteiger partial charge < -0.3 is 14.3 Å². The van der Waals surface area contributed by atoms with Crippen molar-refractivity contribution in [3.8, 4) is 0 Å². The minimum absolute atomic E-state index is 0.129. The molecule has 24 heavy (non-hydrogen) atoms. The van der Waals surface area contributed by atoms with Gasteiger partial charge in [-0.2, -0.15) is 0 Å². The Morgan fingerprint density at radius 3 is 1.96 bits per heavy atom. The molecule has 0 aromatic rings. The summed E-state index contributed by atoms with van der Waals surface area (Å²) in [5.41, 5.74) is -2.30. The Kier molecular flexibility index (Phi) is 4.06. The molecule has 0 aromatic carbocycles. The zero-order chi connectivity index (χ0) is 18.7. The Hall–Kier alpha value is -1.60. The third-order valence-corrected chi connectivity index (χ3v) is 5.45. The summed E-state index contributed by atoms with van der Waals surface area (Å²) in [7, 11) is 2.54. The molecule has 0 spiro atoms. The average molecular weight is 340 g/mol. The molecule has 0 bridgehead atoms. The van der Waals surface area contributed by atoms with Crippen molar-refractivity contribution >= 4 is 11.9 Å². The third kappa shape index (κ3) is 2.10. The molecule has 0 saturated carbocycles. The first-order valence-corrected chi connectivity index (χ1v) is 7.97. The summed E-state index contributed by atoms with van der Waals surface area (Å²) in [6, 6.07) is 0. The van der Waals surface area contributed by atoms with Gasteiger partial charge in [-0.3, -0.25) is 5.32 Å². The highest BCUT2D eigenvalue weighted by molar-refractivity contribution is 6.01. The highest BCUT2D eigenvalue weighted by atomic mass is 16.7. The van der Waals surface area contributed by atoms with Crippen LogP contribution < -0.4 is 5.32 Å². The van der Waals surface area contributed by atoms with Gasteiger partial charge >= 0.3 is 11.9 Å². The van der Waals surface area contributed by atoms with E-state index in [2.05, 4.69) is 5.32 Å². The van der Waals surface area contributed by atoms with E-state index in [0.717, 1.165) is 0 Å². The second-order valence-electron chi connectivity index (χ2n) is 8.34. The molecule has 2 rings (SSSR count). The van der Waals surface area contributed by atoms with Gasteiger partial charge in [-0.05, 0) is 27.7 Å². The first-order chi connectivity index (χ1) is 10.8. The van der Waals surface area contributed by atoms with Crippen molar-refractivity contribution in [2.24, 2.45) is 5.41 Å². The van der Waals surface area contributed by atoms with Crippen LogP contribution in [0.2, 0.25) is 0 Å². The number of hydrogen-bond donors (Lipinski definition) is 1. The summed E-state index contributed by atoms with van der Waals surface area (Å²) < 4.78 is 9.79. The molecule has 0 aliphatic carbocycles. The standard InChI is InChI=1S/C17H28N2O5/c1-14(2,3)17-10(12(20)22-8)11(13(21)23-9)24-19(17)16(6,7)15(4,5)18-17/h18H,1-9H3. The fraction of sp³-hybridized carbons (Fsp3) is 0.765. The first kappa shape index (κ1) is 18.7. The summed E-state index contributed by atoms with van der Waals surface area (Å²) in [6.45, 7) is 14.0. The Bertz CT molecular complexity index is 615. The number of carbonyl (C=O) groups is 2. The van der Waals surface area contributed by atoms with Crippen molar-refractivity contribution in [3.63, 3.8) is 0 Å². The number of hydrogen-bond acceptors (Lipinski definition) is 7. The molecule has 1 unspecified atom stereocenters. The van der Waals surface area contributed by atoms with Gasteiger partial charge in [0.05, 0.1) is 19.8 Å². The number of methoxy groups -OCH3 is 2. The van der Waals surface area contributed by atoms with E-state index < -0.39 is 34.1 Å². The zero-order valence-electron chi connectivity index (χ0n) is 16.0. The van der Waals surface area contributed by atoms with E-state index in [4.69, 9.17) is 14.3 Å². The van der Waals surface area contributed by atoms with Crippen LogP contribution in [-0.2, 0) is 23.9 Å². The molecule has 7 heteroatoms. The number of fused-ring (bicyclic) bond motifs is 1. The number of nitrogens with one attached hydrogen (secondary N) is 1. The van der Waals surface area contributed by atoms with Gasteiger partial charge in [0.1, 0.15) is 11.2 Å². The van der Waals surface area contributed by atoms with Crippen LogP contribution in [0.4, 0.5) is 0 Å². The lowest BCUT2D eigenvalue weighted by Gasteiger charge is -2.44. The van der Waals surface area contributed by atoms with Crippen LogP contribution in [0, 0.1) is 5.41 Å². The molecule has 136 valence electrons. The fourth-order valence-corrected chi connectivity index (χ4v) is 3.42. The Balaban J connectivity index is 2.82. The van der Waals surface area contributed by atoms with E-state index in [1.807, 2.05) is 48.5 Å². The van der Waals surface area contributed by atoms with Gasteiger partial charge in [-0.1, -0.05) is 20.8 Å². The highest BCUT2D eigenvalue weighted by Gasteiger charge is 2.72. The summed E-state index contributed by atoms with van der Waals surface area (Å²) in [4.78, 5) is 30.8. The molecule has 1 fully saturated rings. The van der Waals surface area contributed by atoms with Crippen LogP contribution in [0.1, 0.15) is 48.5 Å². The second kappa shape index (κ2) is 5.20. The van der Waals surface area contributed by atoms with Gasteiger partial charge in [0.25, 0.3) is 0 Å². The van der Waals surface area contributed by atoms with Gasteiger partial charge in [-0.15, -0.1) is 5.06 Å². The fourth-order valence-electron chi connectivity index (χ4n) is 3.42. The maximum absolute atomic E-state index is 12.6.